The Morgan fingerprint density at radius 2 is 2.00 bits per heavy atom. The van der Waals surface area contributed by atoms with Gasteiger partial charge in [-0.05, 0) is 38.8 Å². The minimum atomic E-state index is 0.492. The summed E-state index contributed by atoms with van der Waals surface area (Å²) in [7, 11) is 2.10. The number of nitrogens with zero attached hydrogens (tertiary/aromatic N) is 6. The third kappa shape index (κ3) is 3.00. The summed E-state index contributed by atoms with van der Waals surface area (Å²) < 4.78 is 0. The normalized spacial score (nSPS) is 15.9. The molecule has 0 N–H and O–H groups in total. The van der Waals surface area contributed by atoms with Gasteiger partial charge in [-0.3, -0.25) is 4.98 Å². The van der Waals surface area contributed by atoms with Gasteiger partial charge in [0.25, 0.3) is 0 Å². The molecule has 0 atom stereocenters. The number of piperidine rings is 1. The van der Waals surface area contributed by atoms with Crippen LogP contribution < -0.4 is 9.80 Å². The van der Waals surface area contributed by atoms with Gasteiger partial charge in [0.1, 0.15) is 5.82 Å². The number of hydrogen-bond acceptors (Lipinski definition) is 6. The number of rotatable bonds is 3. The van der Waals surface area contributed by atoms with Gasteiger partial charge in [0.05, 0.1) is 11.4 Å². The molecular formula is C16H22N6. The fraction of sp³-hybridized carbons (Fsp3) is 0.500. The molecule has 22 heavy (non-hydrogen) atoms. The molecule has 3 rings (SSSR count). The smallest absolute Gasteiger partial charge is 0.151 e. The molecule has 3 heterocycles. The van der Waals surface area contributed by atoms with Crippen LogP contribution in [0.4, 0.5) is 11.6 Å². The predicted octanol–water partition coefficient (Wildman–Crippen LogP) is 1.99. The minimum absolute atomic E-state index is 0.492. The zero-order valence-electron chi connectivity index (χ0n) is 13.4. The Balaban J connectivity index is 1.66. The van der Waals surface area contributed by atoms with Crippen LogP contribution in [-0.2, 0) is 0 Å². The van der Waals surface area contributed by atoms with E-state index in [4.69, 9.17) is 0 Å². The molecule has 6 nitrogen and oxygen atoms in total. The van der Waals surface area contributed by atoms with Gasteiger partial charge >= 0.3 is 0 Å². The summed E-state index contributed by atoms with van der Waals surface area (Å²) >= 11 is 0. The summed E-state index contributed by atoms with van der Waals surface area (Å²) in [6, 6.07) is 4.43. The van der Waals surface area contributed by atoms with Crippen molar-refractivity contribution in [2.75, 3.05) is 29.9 Å². The van der Waals surface area contributed by atoms with E-state index in [0.717, 1.165) is 49.0 Å². The fourth-order valence-corrected chi connectivity index (χ4v) is 2.96. The molecule has 0 saturated carbocycles. The molecule has 6 heteroatoms. The highest BCUT2D eigenvalue weighted by atomic mass is 15.3. The summed E-state index contributed by atoms with van der Waals surface area (Å²) in [5.41, 5.74) is 1.98. The SMILES string of the molecule is Cc1cnc(C)c(N2CCC(N(C)c3cccnn3)CC2)n1. The van der Waals surface area contributed by atoms with Crippen molar-refractivity contribution in [2.24, 2.45) is 0 Å². The van der Waals surface area contributed by atoms with Crippen LogP contribution in [0, 0.1) is 13.8 Å². The molecule has 1 fully saturated rings. The van der Waals surface area contributed by atoms with Gasteiger partial charge in [-0.25, -0.2) is 4.98 Å². The molecule has 1 aliphatic rings. The first kappa shape index (κ1) is 14.7. The second kappa shape index (κ2) is 6.25. The Hall–Kier alpha value is -2.24. The van der Waals surface area contributed by atoms with E-state index in [1.807, 2.05) is 32.2 Å². The van der Waals surface area contributed by atoms with E-state index in [-0.39, 0.29) is 0 Å². The van der Waals surface area contributed by atoms with Crippen molar-refractivity contribution >= 4 is 11.6 Å². The van der Waals surface area contributed by atoms with Crippen molar-refractivity contribution < 1.29 is 0 Å². The van der Waals surface area contributed by atoms with E-state index >= 15 is 0 Å². The summed E-state index contributed by atoms with van der Waals surface area (Å²) in [5.74, 6) is 1.97. The first-order valence-electron chi connectivity index (χ1n) is 7.71. The summed E-state index contributed by atoms with van der Waals surface area (Å²) in [5, 5.41) is 8.16. The Labute approximate surface area is 131 Å². The standard InChI is InChI=1S/C16H22N6/c1-12-11-17-13(2)16(19-12)22-9-6-14(7-10-22)21(3)15-5-4-8-18-20-15/h4-5,8,11,14H,6-7,9-10H2,1-3H3. The average Bonchev–Trinajstić information content (AvgIpc) is 2.57. The molecule has 0 aliphatic carbocycles. The molecule has 2 aromatic rings. The number of aromatic nitrogens is 4. The molecule has 1 saturated heterocycles. The third-order valence-corrected chi connectivity index (χ3v) is 4.28. The fourth-order valence-electron chi connectivity index (χ4n) is 2.96. The van der Waals surface area contributed by atoms with Crippen molar-refractivity contribution in [1.82, 2.24) is 20.2 Å². The highest BCUT2D eigenvalue weighted by molar-refractivity contribution is 5.44. The first-order valence-corrected chi connectivity index (χ1v) is 7.71. The molecule has 0 radical (unpaired) electrons. The number of aryl methyl sites for hydroxylation is 2. The van der Waals surface area contributed by atoms with Gasteiger partial charge < -0.3 is 9.80 Å². The predicted molar refractivity (Wildman–Crippen MR) is 87.2 cm³/mol. The molecule has 116 valence electrons. The van der Waals surface area contributed by atoms with Crippen LogP contribution >= 0.6 is 0 Å². The van der Waals surface area contributed by atoms with Crippen LogP contribution in [0.25, 0.3) is 0 Å². The third-order valence-electron chi connectivity index (χ3n) is 4.28. The van der Waals surface area contributed by atoms with Crippen molar-refractivity contribution in [3.8, 4) is 0 Å². The number of hydrogen-bond donors (Lipinski definition) is 0. The molecule has 2 aromatic heterocycles. The van der Waals surface area contributed by atoms with Crippen LogP contribution in [0.2, 0.25) is 0 Å². The second-order valence-electron chi connectivity index (χ2n) is 5.83. The van der Waals surface area contributed by atoms with Gasteiger partial charge in [-0.1, -0.05) is 0 Å². The molecular weight excluding hydrogens is 276 g/mol. The second-order valence-corrected chi connectivity index (χ2v) is 5.83. The molecule has 0 bridgehead atoms. The lowest BCUT2D eigenvalue weighted by atomic mass is 10.0. The zero-order chi connectivity index (χ0) is 15.5. The van der Waals surface area contributed by atoms with Crippen LogP contribution in [0.5, 0.6) is 0 Å². The Kier molecular flexibility index (Phi) is 4.18. The van der Waals surface area contributed by atoms with Gasteiger partial charge in [-0.2, -0.15) is 5.10 Å². The Bertz CT molecular complexity index is 622. The summed E-state index contributed by atoms with van der Waals surface area (Å²) in [4.78, 5) is 13.7. The van der Waals surface area contributed by atoms with Crippen LogP contribution in [0.15, 0.2) is 24.5 Å². The first-order chi connectivity index (χ1) is 10.6. The minimum Gasteiger partial charge on any atom is -0.355 e. The van der Waals surface area contributed by atoms with E-state index in [1.54, 1.807) is 6.20 Å². The highest BCUT2D eigenvalue weighted by Crippen LogP contribution is 2.24. The number of anilines is 2. The summed E-state index contributed by atoms with van der Waals surface area (Å²) in [6.07, 6.45) is 5.71. The maximum absolute atomic E-state index is 4.65. The van der Waals surface area contributed by atoms with E-state index in [0.29, 0.717) is 6.04 Å². The van der Waals surface area contributed by atoms with Gasteiger partial charge in [0.2, 0.25) is 0 Å². The van der Waals surface area contributed by atoms with Crippen molar-refractivity contribution in [3.63, 3.8) is 0 Å². The van der Waals surface area contributed by atoms with E-state index in [9.17, 15) is 0 Å². The van der Waals surface area contributed by atoms with Crippen LogP contribution in [0.1, 0.15) is 24.2 Å². The van der Waals surface area contributed by atoms with E-state index in [1.165, 1.54) is 0 Å². The lowest BCUT2D eigenvalue weighted by Gasteiger charge is -2.37. The largest absolute Gasteiger partial charge is 0.355 e. The van der Waals surface area contributed by atoms with Crippen LogP contribution in [0.3, 0.4) is 0 Å². The van der Waals surface area contributed by atoms with Crippen molar-refractivity contribution in [3.05, 3.63) is 35.9 Å². The van der Waals surface area contributed by atoms with Gasteiger partial charge in [0, 0.05) is 38.6 Å². The van der Waals surface area contributed by atoms with Crippen molar-refractivity contribution in [1.29, 1.82) is 0 Å². The van der Waals surface area contributed by atoms with Gasteiger partial charge in [0.15, 0.2) is 5.82 Å². The molecule has 0 spiro atoms. The maximum atomic E-state index is 4.65. The highest BCUT2D eigenvalue weighted by Gasteiger charge is 2.25. The quantitative estimate of drug-likeness (QED) is 0.863. The molecule has 0 unspecified atom stereocenters. The van der Waals surface area contributed by atoms with Crippen LogP contribution in [-0.4, -0.2) is 46.3 Å². The topological polar surface area (TPSA) is 58.0 Å². The average molecular weight is 298 g/mol. The Morgan fingerprint density at radius 1 is 1.23 bits per heavy atom. The molecule has 1 aliphatic heterocycles. The van der Waals surface area contributed by atoms with E-state index < -0.39 is 0 Å². The van der Waals surface area contributed by atoms with Crippen molar-refractivity contribution in [2.45, 2.75) is 32.7 Å². The molecule has 0 amide bonds. The zero-order valence-corrected chi connectivity index (χ0v) is 13.4. The molecule has 0 aromatic carbocycles. The Morgan fingerprint density at radius 3 is 2.68 bits per heavy atom. The monoisotopic (exact) mass is 298 g/mol. The summed E-state index contributed by atoms with van der Waals surface area (Å²) in [6.45, 7) is 6.01. The lowest BCUT2D eigenvalue weighted by Crippen LogP contribution is -2.44. The lowest BCUT2D eigenvalue weighted by molar-refractivity contribution is 0.476. The van der Waals surface area contributed by atoms with Gasteiger partial charge in [-0.15, -0.1) is 5.10 Å². The van der Waals surface area contributed by atoms with E-state index in [2.05, 4.69) is 37.0 Å². The maximum Gasteiger partial charge on any atom is 0.151 e.